The highest BCUT2D eigenvalue weighted by molar-refractivity contribution is 5.83. The molecule has 0 saturated heterocycles. The number of pyridine rings is 1. The molecule has 1 aromatic heterocycles. The van der Waals surface area contributed by atoms with Gasteiger partial charge in [-0.25, -0.2) is 9.78 Å². The molecule has 2 aromatic rings. The van der Waals surface area contributed by atoms with E-state index in [0.717, 1.165) is 25.7 Å². The topological polar surface area (TPSA) is 39.2 Å². The second-order valence-electron chi connectivity index (χ2n) is 7.96. The van der Waals surface area contributed by atoms with Crippen molar-refractivity contribution in [3.05, 3.63) is 71.9 Å². The lowest BCUT2D eigenvalue weighted by Crippen LogP contribution is -2.06. The minimum Gasteiger partial charge on any atom is -0.404 e. The van der Waals surface area contributed by atoms with Gasteiger partial charge in [0, 0.05) is 24.3 Å². The summed E-state index contributed by atoms with van der Waals surface area (Å²) in [6.45, 7) is 4.42. The lowest BCUT2D eigenvalue weighted by Gasteiger charge is -2.12. The number of esters is 1. The van der Waals surface area contributed by atoms with Crippen molar-refractivity contribution < 1.29 is 9.53 Å². The molecule has 1 heterocycles. The number of carbonyl (C=O) groups is 1. The van der Waals surface area contributed by atoms with Crippen LogP contribution in [-0.2, 0) is 11.2 Å². The van der Waals surface area contributed by atoms with E-state index in [0.29, 0.717) is 5.88 Å². The van der Waals surface area contributed by atoms with Crippen LogP contribution in [0.4, 0.5) is 0 Å². The molecule has 0 radical (unpaired) electrons. The summed E-state index contributed by atoms with van der Waals surface area (Å²) >= 11 is 0. The number of unbranched alkanes of at least 4 members (excludes halogenated alkanes) is 6. The molecule has 162 valence electrons. The van der Waals surface area contributed by atoms with E-state index >= 15 is 0 Å². The van der Waals surface area contributed by atoms with E-state index in [1.807, 2.05) is 36.5 Å². The molecule has 1 unspecified atom stereocenters. The van der Waals surface area contributed by atoms with Gasteiger partial charge in [0.1, 0.15) is 0 Å². The SMILES string of the molecule is CCCCCCCCc1ccc(OC(=O)C=CC(CCCC)c2ccccc2)nc1. The average Bonchev–Trinajstić information content (AvgIpc) is 2.78. The van der Waals surface area contributed by atoms with E-state index in [2.05, 4.69) is 31.0 Å². The Morgan fingerprint density at radius 1 is 0.933 bits per heavy atom. The van der Waals surface area contributed by atoms with Gasteiger partial charge in [0.2, 0.25) is 5.88 Å². The zero-order chi connectivity index (χ0) is 21.4. The maximum absolute atomic E-state index is 12.3. The molecule has 0 saturated carbocycles. The Morgan fingerprint density at radius 3 is 2.37 bits per heavy atom. The molecule has 3 nitrogen and oxygen atoms in total. The third-order valence-corrected chi connectivity index (χ3v) is 5.38. The first-order valence-electron chi connectivity index (χ1n) is 11.6. The van der Waals surface area contributed by atoms with Crippen molar-refractivity contribution >= 4 is 5.97 Å². The average molecular weight is 408 g/mol. The standard InChI is InChI=1S/C27H37NO2/c1-3-5-7-8-9-11-14-23-18-20-26(28-22-23)30-27(29)21-19-25(15-6-4-2)24-16-12-10-13-17-24/h10,12-13,16-22,25H,3-9,11,14-15H2,1-2H3. The summed E-state index contributed by atoms with van der Waals surface area (Å²) in [5.74, 6) is 0.219. The first-order valence-corrected chi connectivity index (χ1v) is 11.6. The van der Waals surface area contributed by atoms with Gasteiger partial charge >= 0.3 is 5.97 Å². The van der Waals surface area contributed by atoms with Crippen LogP contribution >= 0.6 is 0 Å². The predicted octanol–water partition coefficient (Wildman–Crippen LogP) is 7.42. The van der Waals surface area contributed by atoms with Gasteiger partial charge in [-0.05, 0) is 30.4 Å². The molecule has 1 aromatic carbocycles. The zero-order valence-corrected chi connectivity index (χ0v) is 18.7. The third-order valence-electron chi connectivity index (χ3n) is 5.38. The van der Waals surface area contributed by atoms with Crippen LogP contribution in [0.15, 0.2) is 60.8 Å². The Balaban J connectivity index is 1.81. The second kappa shape index (κ2) is 14.5. The van der Waals surface area contributed by atoms with E-state index in [-0.39, 0.29) is 11.9 Å². The van der Waals surface area contributed by atoms with Crippen LogP contribution in [0.2, 0.25) is 0 Å². The second-order valence-corrected chi connectivity index (χ2v) is 7.96. The van der Waals surface area contributed by atoms with Crippen LogP contribution in [0.1, 0.15) is 88.7 Å². The molecule has 0 N–H and O–H groups in total. The van der Waals surface area contributed by atoms with E-state index in [9.17, 15) is 4.79 Å². The number of aryl methyl sites for hydroxylation is 1. The molecular weight excluding hydrogens is 370 g/mol. The fourth-order valence-corrected chi connectivity index (χ4v) is 3.56. The highest BCUT2D eigenvalue weighted by atomic mass is 16.5. The molecule has 0 aliphatic rings. The van der Waals surface area contributed by atoms with E-state index in [4.69, 9.17) is 4.74 Å². The number of ether oxygens (including phenoxy) is 1. The number of carbonyl (C=O) groups excluding carboxylic acids is 1. The normalized spacial score (nSPS) is 12.2. The van der Waals surface area contributed by atoms with Crippen molar-refractivity contribution in [2.75, 3.05) is 0 Å². The van der Waals surface area contributed by atoms with Crippen molar-refractivity contribution in [3.8, 4) is 5.88 Å². The van der Waals surface area contributed by atoms with Crippen molar-refractivity contribution in [2.24, 2.45) is 0 Å². The van der Waals surface area contributed by atoms with E-state index < -0.39 is 0 Å². The quantitative estimate of drug-likeness (QED) is 0.186. The minimum absolute atomic E-state index is 0.228. The zero-order valence-electron chi connectivity index (χ0n) is 18.7. The molecular formula is C27H37NO2. The fraction of sp³-hybridized carbons (Fsp3) is 0.481. The maximum atomic E-state index is 12.3. The summed E-state index contributed by atoms with van der Waals surface area (Å²) in [4.78, 5) is 16.6. The number of nitrogens with zero attached hydrogens (tertiary/aromatic N) is 1. The Bertz CT molecular complexity index is 737. The van der Waals surface area contributed by atoms with Gasteiger partial charge in [-0.1, -0.05) is 101 Å². The van der Waals surface area contributed by atoms with Gasteiger partial charge in [0.15, 0.2) is 0 Å². The van der Waals surface area contributed by atoms with Crippen molar-refractivity contribution in [1.82, 2.24) is 4.98 Å². The van der Waals surface area contributed by atoms with Crippen molar-refractivity contribution in [1.29, 1.82) is 0 Å². The summed E-state index contributed by atoms with van der Waals surface area (Å²) in [5, 5.41) is 0. The van der Waals surface area contributed by atoms with Gasteiger partial charge in [-0.2, -0.15) is 0 Å². The minimum atomic E-state index is -0.372. The first-order chi connectivity index (χ1) is 14.7. The molecule has 3 heteroatoms. The number of aromatic nitrogens is 1. The molecule has 30 heavy (non-hydrogen) atoms. The maximum Gasteiger partial charge on any atom is 0.337 e. The van der Waals surface area contributed by atoms with Gasteiger partial charge in [-0.3, -0.25) is 0 Å². The number of allylic oxidation sites excluding steroid dienone is 1. The van der Waals surface area contributed by atoms with Crippen LogP contribution in [-0.4, -0.2) is 11.0 Å². The molecule has 0 amide bonds. The Morgan fingerprint density at radius 2 is 1.67 bits per heavy atom. The van der Waals surface area contributed by atoms with Crippen LogP contribution in [0, 0.1) is 0 Å². The van der Waals surface area contributed by atoms with Gasteiger partial charge in [0.05, 0.1) is 0 Å². The van der Waals surface area contributed by atoms with Gasteiger partial charge < -0.3 is 4.74 Å². The number of benzene rings is 1. The molecule has 0 spiro atoms. The fourth-order valence-electron chi connectivity index (χ4n) is 3.56. The third kappa shape index (κ3) is 9.39. The number of hydrogen-bond acceptors (Lipinski definition) is 3. The van der Waals surface area contributed by atoms with Gasteiger partial charge in [-0.15, -0.1) is 0 Å². The Labute approximate surface area is 182 Å². The first kappa shape index (κ1) is 23.9. The summed E-state index contributed by atoms with van der Waals surface area (Å²) in [6.07, 6.45) is 17.4. The van der Waals surface area contributed by atoms with Gasteiger partial charge in [0.25, 0.3) is 0 Å². The van der Waals surface area contributed by atoms with Crippen molar-refractivity contribution in [3.63, 3.8) is 0 Å². The molecule has 2 rings (SSSR count). The van der Waals surface area contributed by atoms with Crippen LogP contribution in [0.5, 0.6) is 5.88 Å². The molecule has 1 atom stereocenters. The smallest absolute Gasteiger partial charge is 0.337 e. The summed E-state index contributed by atoms with van der Waals surface area (Å²) < 4.78 is 5.39. The molecule has 0 fully saturated rings. The molecule has 0 aliphatic carbocycles. The monoisotopic (exact) mass is 407 g/mol. The van der Waals surface area contributed by atoms with Crippen LogP contribution in [0.3, 0.4) is 0 Å². The Hall–Kier alpha value is -2.42. The van der Waals surface area contributed by atoms with Crippen LogP contribution < -0.4 is 4.74 Å². The highest BCUT2D eigenvalue weighted by Crippen LogP contribution is 2.23. The summed E-state index contributed by atoms with van der Waals surface area (Å²) in [7, 11) is 0. The highest BCUT2D eigenvalue weighted by Gasteiger charge is 2.09. The van der Waals surface area contributed by atoms with Crippen LogP contribution in [0.25, 0.3) is 0 Å². The number of hydrogen-bond donors (Lipinski definition) is 0. The molecule has 0 aliphatic heterocycles. The largest absolute Gasteiger partial charge is 0.404 e. The Kier molecular flexibility index (Phi) is 11.6. The van der Waals surface area contributed by atoms with E-state index in [1.54, 1.807) is 12.1 Å². The van der Waals surface area contributed by atoms with E-state index in [1.165, 1.54) is 49.7 Å². The summed E-state index contributed by atoms with van der Waals surface area (Å²) in [6, 6.07) is 14.1. The molecule has 0 bridgehead atoms. The van der Waals surface area contributed by atoms with Crippen molar-refractivity contribution in [2.45, 2.75) is 84.0 Å². The lowest BCUT2D eigenvalue weighted by molar-refractivity contribution is -0.129. The summed E-state index contributed by atoms with van der Waals surface area (Å²) in [5.41, 5.74) is 2.43. The number of rotatable bonds is 14. The lowest BCUT2D eigenvalue weighted by atomic mass is 9.93. The predicted molar refractivity (Wildman–Crippen MR) is 125 cm³/mol.